The number of carbonyl (C=O) groups is 2. The van der Waals surface area contributed by atoms with E-state index in [1.165, 1.54) is 0 Å². The number of nitrogens with one attached hydrogen (secondary N) is 1. The largest absolute Gasteiger partial charge is 0.481 e. The Morgan fingerprint density at radius 1 is 1.33 bits per heavy atom. The third-order valence-electron chi connectivity index (χ3n) is 4.53. The number of aryl methyl sites for hydroxylation is 1. The second-order valence-corrected chi connectivity index (χ2v) is 6.20. The predicted molar refractivity (Wildman–Crippen MR) is 89.0 cm³/mol. The molecule has 1 amide bonds. The molecule has 0 saturated carbocycles. The van der Waals surface area contributed by atoms with Gasteiger partial charge in [-0.1, -0.05) is 25.1 Å². The van der Waals surface area contributed by atoms with E-state index in [9.17, 15) is 14.7 Å². The predicted octanol–water partition coefficient (Wildman–Crippen LogP) is 2.15. The highest BCUT2D eigenvalue weighted by Crippen LogP contribution is 2.30. The van der Waals surface area contributed by atoms with Gasteiger partial charge in [-0.2, -0.15) is 0 Å². The first-order chi connectivity index (χ1) is 11.5. The molecule has 1 atom stereocenters. The number of amides is 1. The molecule has 1 heterocycles. The molecule has 1 aliphatic rings. The maximum atomic E-state index is 12.4. The molecular formula is C18H25NO5. The number of para-hydroxylation sites is 1. The molecule has 0 radical (unpaired) electrons. The van der Waals surface area contributed by atoms with Gasteiger partial charge in [0, 0.05) is 19.8 Å². The van der Waals surface area contributed by atoms with Gasteiger partial charge in [-0.05, 0) is 37.8 Å². The summed E-state index contributed by atoms with van der Waals surface area (Å²) in [4.78, 5) is 24.1. The fraction of sp³-hybridized carbons (Fsp3) is 0.556. The highest BCUT2D eigenvalue weighted by Gasteiger charge is 2.40. The van der Waals surface area contributed by atoms with E-state index in [-0.39, 0.29) is 12.5 Å². The molecule has 0 aliphatic carbocycles. The Balaban J connectivity index is 1.98. The summed E-state index contributed by atoms with van der Waals surface area (Å²) in [6, 6.07) is 7.50. The van der Waals surface area contributed by atoms with Crippen LogP contribution in [0, 0.1) is 12.3 Å². The number of hydrogen-bond donors (Lipinski definition) is 2. The van der Waals surface area contributed by atoms with E-state index in [2.05, 4.69) is 5.32 Å². The summed E-state index contributed by atoms with van der Waals surface area (Å²) in [6.07, 6.45) is 0.663. The van der Waals surface area contributed by atoms with Gasteiger partial charge in [0.25, 0.3) is 5.91 Å². The number of benzene rings is 1. The third kappa shape index (κ3) is 4.26. The van der Waals surface area contributed by atoms with Gasteiger partial charge in [0.15, 0.2) is 6.10 Å². The lowest BCUT2D eigenvalue weighted by atomic mass is 9.80. The van der Waals surface area contributed by atoms with Crippen LogP contribution in [0.1, 0.15) is 31.7 Å². The first-order valence-electron chi connectivity index (χ1n) is 8.29. The van der Waals surface area contributed by atoms with Crippen molar-refractivity contribution in [2.45, 2.75) is 39.2 Å². The van der Waals surface area contributed by atoms with Gasteiger partial charge in [0.1, 0.15) is 5.75 Å². The van der Waals surface area contributed by atoms with Crippen molar-refractivity contribution in [3.63, 3.8) is 0 Å². The van der Waals surface area contributed by atoms with Crippen LogP contribution < -0.4 is 10.1 Å². The Morgan fingerprint density at radius 3 is 2.58 bits per heavy atom. The van der Waals surface area contributed by atoms with E-state index >= 15 is 0 Å². The van der Waals surface area contributed by atoms with Crippen LogP contribution in [0.5, 0.6) is 5.75 Å². The SMILES string of the molecule is CCC(Oc1ccccc1C)C(=O)NCC1(C(=O)O)CCOCC1. The number of hydrogen-bond acceptors (Lipinski definition) is 4. The smallest absolute Gasteiger partial charge is 0.311 e. The molecule has 24 heavy (non-hydrogen) atoms. The molecule has 0 spiro atoms. The molecule has 2 rings (SSSR count). The van der Waals surface area contributed by atoms with Crippen LogP contribution in [0.3, 0.4) is 0 Å². The lowest BCUT2D eigenvalue weighted by molar-refractivity contribution is -0.155. The van der Waals surface area contributed by atoms with E-state index in [0.717, 1.165) is 5.56 Å². The van der Waals surface area contributed by atoms with E-state index in [0.29, 0.717) is 38.2 Å². The van der Waals surface area contributed by atoms with Gasteiger partial charge < -0.3 is 19.9 Å². The zero-order valence-corrected chi connectivity index (χ0v) is 14.2. The summed E-state index contributed by atoms with van der Waals surface area (Å²) in [6.45, 7) is 4.68. The van der Waals surface area contributed by atoms with E-state index in [1.807, 2.05) is 38.1 Å². The van der Waals surface area contributed by atoms with Gasteiger partial charge in [-0.25, -0.2) is 0 Å². The zero-order valence-electron chi connectivity index (χ0n) is 14.2. The van der Waals surface area contributed by atoms with Gasteiger partial charge in [0.05, 0.1) is 5.41 Å². The number of aliphatic carboxylic acids is 1. The van der Waals surface area contributed by atoms with Crippen molar-refractivity contribution in [2.24, 2.45) is 5.41 Å². The van der Waals surface area contributed by atoms with Crippen LogP contribution >= 0.6 is 0 Å². The maximum Gasteiger partial charge on any atom is 0.311 e. The maximum absolute atomic E-state index is 12.4. The Bertz CT molecular complexity index is 581. The van der Waals surface area contributed by atoms with Crippen molar-refractivity contribution >= 4 is 11.9 Å². The molecule has 2 N–H and O–H groups in total. The van der Waals surface area contributed by atoms with Crippen molar-refractivity contribution in [2.75, 3.05) is 19.8 Å². The molecule has 1 aliphatic heterocycles. The van der Waals surface area contributed by atoms with Crippen molar-refractivity contribution in [3.8, 4) is 5.75 Å². The van der Waals surface area contributed by atoms with Crippen LogP contribution in [0.2, 0.25) is 0 Å². The fourth-order valence-electron chi connectivity index (χ4n) is 2.76. The topological polar surface area (TPSA) is 84.9 Å². The molecule has 0 bridgehead atoms. The Labute approximate surface area is 142 Å². The van der Waals surface area contributed by atoms with Gasteiger partial charge >= 0.3 is 5.97 Å². The van der Waals surface area contributed by atoms with E-state index in [4.69, 9.17) is 9.47 Å². The molecule has 6 nitrogen and oxygen atoms in total. The van der Waals surface area contributed by atoms with Crippen molar-refractivity contribution < 1.29 is 24.2 Å². The number of carboxylic acid groups (broad SMARTS) is 1. The van der Waals surface area contributed by atoms with Crippen molar-refractivity contribution in [1.82, 2.24) is 5.32 Å². The Morgan fingerprint density at radius 2 is 2.00 bits per heavy atom. The standard InChI is InChI=1S/C18H25NO5/c1-3-14(24-15-7-5-4-6-13(15)2)16(20)19-12-18(17(21)22)8-10-23-11-9-18/h4-7,14H,3,8-12H2,1-2H3,(H,19,20)(H,21,22). The molecule has 1 fully saturated rings. The van der Waals surface area contributed by atoms with E-state index < -0.39 is 17.5 Å². The highest BCUT2D eigenvalue weighted by molar-refractivity contribution is 5.82. The van der Waals surface area contributed by atoms with Gasteiger partial charge in [-0.3, -0.25) is 9.59 Å². The summed E-state index contributed by atoms with van der Waals surface area (Å²) in [5, 5.41) is 12.3. The minimum atomic E-state index is -0.950. The molecule has 1 aromatic rings. The summed E-state index contributed by atoms with van der Waals surface area (Å²) >= 11 is 0. The molecule has 1 saturated heterocycles. The number of carboxylic acids is 1. The van der Waals surface area contributed by atoms with Crippen LogP contribution in [0.4, 0.5) is 0 Å². The van der Waals surface area contributed by atoms with Crippen LogP contribution in [0.15, 0.2) is 24.3 Å². The van der Waals surface area contributed by atoms with E-state index in [1.54, 1.807) is 0 Å². The summed E-state index contributed by atoms with van der Waals surface area (Å²) in [7, 11) is 0. The molecular weight excluding hydrogens is 310 g/mol. The third-order valence-corrected chi connectivity index (χ3v) is 4.53. The van der Waals surface area contributed by atoms with Gasteiger partial charge in [0.2, 0.25) is 0 Å². The zero-order chi connectivity index (χ0) is 17.6. The summed E-state index contributed by atoms with van der Waals surface area (Å²) in [5.41, 5.74) is 0.00434. The normalized spacial score (nSPS) is 17.8. The highest BCUT2D eigenvalue weighted by atomic mass is 16.5. The minimum Gasteiger partial charge on any atom is -0.481 e. The first-order valence-corrected chi connectivity index (χ1v) is 8.29. The molecule has 0 aromatic heterocycles. The van der Waals surface area contributed by atoms with Crippen LogP contribution in [-0.2, 0) is 14.3 Å². The van der Waals surface area contributed by atoms with Crippen LogP contribution in [-0.4, -0.2) is 42.8 Å². The second kappa shape index (κ2) is 8.15. The first kappa shape index (κ1) is 18.3. The summed E-state index contributed by atoms with van der Waals surface area (Å²) < 4.78 is 11.0. The van der Waals surface area contributed by atoms with Crippen molar-refractivity contribution in [1.29, 1.82) is 0 Å². The number of ether oxygens (including phenoxy) is 2. The minimum absolute atomic E-state index is 0.0954. The molecule has 132 valence electrons. The number of carbonyl (C=O) groups excluding carboxylic acids is 1. The Kier molecular flexibility index (Phi) is 6.20. The lowest BCUT2D eigenvalue weighted by Crippen LogP contribution is -2.49. The average Bonchev–Trinajstić information content (AvgIpc) is 2.59. The number of rotatable bonds is 7. The molecule has 1 unspecified atom stereocenters. The lowest BCUT2D eigenvalue weighted by Gasteiger charge is -2.33. The molecule has 1 aromatic carbocycles. The quantitative estimate of drug-likeness (QED) is 0.797. The van der Waals surface area contributed by atoms with Gasteiger partial charge in [-0.15, -0.1) is 0 Å². The molecule has 6 heteroatoms. The second-order valence-electron chi connectivity index (χ2n) is 6.20. The summed E-state index contributed by atoms with van der Waals surface area (Å²) in [5.74, 6) is -0.509. The monoisotopic (exact) mass is 335 g/mol. The Hall–Kier alpha value is -2.08. The van der Waals surface area contributed by atoms with Crippen molar-refractivity contribution in [3.05, 3.63) is 29.8 Å². The average molecular weight is 335 g/mol. The fourth-order valence-corrected chi connectivity index (χ4v) is 2.76. The van der Waals surface area contributed by atoms with Crippen LogP contribution in [0.25, 0.3) is 0 Å².